The van der Waals surface area contributed by atoms with Crippen LogP contribution in [0.25, 0.3) is 21.8 Å². The Hall–Kier alpha value is -1.95. The minimum Gasteiger partial charge on any atom is -0.443 e. The summed E-state index contributed by atoms with van der Waals surface area (Å²) in [6.45, 7) is 0. The van der Waals surface area contributed by atoms with E-state index in [1.54, 1.807) is 23.8 Å². The predicted octanol–water partition coefficient (Wildman–Crippen LogP) is 2.41. The van der Waals surface area contributed by atoms with Crippen LogP contribution < -0.4 is 4.90 Å². The van der Waals surface area contributed by atoms with Gasteiger partial charge in [-0.2, -0.15) is 0 Å². The van der Waals surface area contributed by atoms with E-state index in [4.69, 9.17) is 4.42 Å². The molecular weight excluding hydrogens is 236 g/mol. The molecule has 3 heterocycles. The maximum atomic E-state index is 5.32. The third kappa shape index (κ3) is 1.66. The predicted molar refractivity (Wildman–Crippen MR) is 67.2 cm³/mol. The second-order valence-corrected chi connectivity index (χ2v) is 4.65. The minimum atomic E-state index is 0.531. The van der Waals surface area contributed by atoms with Crippen LogP contribution in [0.4, 0.5) is 5.95 Å². The Labute approximate surface area is 102 Å². The quantitative estimate of drug-likeness (QED) is 0.695. The van der Waals surface area contributed by atoms with Gasteiger partial charge in [-0.3, -0.25) is 0 Å². The van der Waals surface area contributed by atoms with Crippen molar-refractivity contribution in [3.8, 4) is 11.6 Å². The molecule has 5 nitrogen and oxygen atoms in total. The van der Waals surface area contributed by atoms with E-state index in [1.165, 1.54) is 0 Å². The van der Waals surface area contributed by atoms with Crippen LogP contribution >= 0.6 is 11.3 Å². The van der Waals surface area contributed by atoms with Crippen LogP contribution in [-0.2, 0) is 0 Å². The maximum absolute atomic E-state index is 5.32. The van der Waals surface area contributed by atoms with Gasteiger partial charge in [-0.05, 0) is 11.4 Å². The van der Waals surface area contributed by atoms with Crippen molar-refractivity contribution in [1.82, 2.24) is 15.0 Å². The summed E-state index contributed by atoms with van der Waals surface area (Å²) in [5.74, 6) is 1.19. The van der Waals surface area contributed by atoms with E-state index in [2.05, 4.69) is 15.0 Å². The standard InChI is InChI=1S/C11H10N4OS/c1-15(2)11-13-7-3-6-17-9(7)8(14-11)10-12-4-5-16-10/h3-6H,1-2H3. The number of nitrogens with zero attached hydrogens (tertiary/aromatic N) is 4. The van der Waals surface area contributed by atoms with Crippen molar-refractivity contribution in [3.63, 3.8) is 0 Å². The van der Waals surface area contributed by atoms with E-state index >= 15 is 0 Å². The molecule has 6 heteroatoms. The molecule has 3 rings (SSSR count). The van der Waals surface area contributed by atoms with Crippen molar-refractivity contribution in [2.24, 2.45) is 0 Å². The number of thiophene rings is 1. The van der Waals surface area contributed by atoms with Gasteiger partial charge in [0.05, 0.1) is 16.4 Å². The molecule has 0 amide bonds. The smallest absolute Gasteiger partial charge is 0.246 e. The second kappa shape index (κ2) is 3.81. The fraction of sp³-hybridized carbons (Fsp3) is 0.182. The summed E-state index contributed by atoms with van der Waals surface area (Å²) >= 11 is 1.59. The highest BCUT2D eigenvalue weighted by Gasteiger charge is 2.14. The lowest BCUT2D eigenvalue weighted by Crippen LogP contribution is -2.12. The van der Waals surface area contributed by atoms with E-state index in [-0.39, 0.29) is 0 Å². The van der Waals surface area contributed by atoms with Gasteiger partial charge in [-0.15, -0.1) is 11.3 Å². The van der Waals surface area contributed by atoms with Crippen molar-refractivity contribution in [1.29, 1.82) is 0 Å². The molecule has 0 N–H and O–H groups in total. The molecule has 0 radical (unpaired) electrons. The molecule has 0 bridgehead atoms. The number of oxazole rings is 1. The number of hydrogen-bond donors (Lipinski definition) is 0. The lowest BCUT2D eigenvalue weighted by atomic mass is 10.3. The van der Waals surface area contributed by atoms with Gasteiger partial charge in [-0.1, -0.05) is 0 Å². The van der Waals surface area contributed by atoms with Gasteiger partial charge in [0.2, 0.25) is 11.8 Å². The molecule has 0 fully saturated rings. The SMILES string of the molecule is CN(C)c1nc(-c2ncco2)c2sccc2n1. The van der Waals surface area contributed by atoms with Crippen molar-refractivity contribution >= 4 is 27.5 Å². The van der Waals surface area contributed by atoms with Gasteiger partial charge in [-0.25, -0.2) is 15.0 Å². The van der Waals surface area contributed by atoms with Gasteiger partial charge in [0.15, 0.2) is 0 Å². The molecule has 0 unspecified atom stereocenters. The summed E-state index contributed by atoms with van der Waals surface area (Å²) in [7, 11) is 3.82. The van der Waals surface area contributed by atoms with Crippen molar-refractivity contribution in [3.05, 3.63) is 23.9 Å². The van der Waals surface area contributed by atoms with Gasteiger partial charge >= 0.3 is 0 Å². The normalized spacial score (nSPS) is 10.9. The zero-order chi connectivity index (χ0) is 11.8. The molecule has 17 heavy (non-hydrogen) atoms. The molecule has 86 valence electrons. The van der Waals surface area contributed by atoms with E-state index in [0.717, 1.165) is 15.9 Å². The van der Waals surface area contributed by atoms with Crippen molar-refractivity contribution in [2.75, 3.05) is 19.0 Å². The Balaban J connectivity index is 2.31. The Morgan fingerprint density at radius 1 is 1.29 bits per heavy atom. The highest BCUT2D eigenvalue weighted by Crippen LogP contribution is 2.30. The fourth-order valence-electron chi connectivity index (χ4n) is 1.54. The topological polar surface area (TPSA) is 55.1 Å². The fourth-order valence-corrected chi connectivity index (χ4v) is 2.35. The summed E-state index contributed by atoms with van der Waals surface area (Å²) < 4.78 is 6.32. The molecule has 0 atom stereocenters. The Morgan fingerprint density at radius 2 is 2.18 bits per heavy atom. The molecule has 3 aromatic rings. The first-order valence-corrected chi connectivity index (χ1v) is 5.96. The van der Waals surface area contributed by atoms with Crippen LogP contribution in [0.1, 0.15) is 0 Å². The monoisotopic (exact) mass is 246 g/mol. The van der Waals surface area contributed by atoms with Gasteiger partial charge in [0.1, 0.15) is 12.0 Å². The molecule has 0 saturated heterocycles. The molecule has 0 saturated carbocycles. The molecule has 0 spiro atoms. The summed E-state index contributed by atoms with van der Waals surface area (Å²) in [6, 6.07) is 1.97. The molecule has 0 aromatic carbocycles. The third-order valence-electron chi connectivity index (χ3n) is 2.33. The lowest BCUT2D eigenvalue weighted by molar-refractivity contribution is 0.573. The zero-order valence-electron chi connectivity index (χ0n) is 9.41. The molecule has 3 aromatic heterocycles. The first kappa shape index (κ1) is 10.2. The number of anilines is 1. The molecule has 0 aliphatic rings. The average Bonchev–Trinajstić information content (AvgIpc) is 2.98. The molecule has 0 aliphatic heterocycles. The van der Waals surface area contributed by atoms with E-state index in [9.17, 15) is 0 Å². The first-order chi connectivity index (χ1) is 8.25. The third-order valence-corrected chi connectivity index (χ3v) is 3.24. The Morgan fingerprint density at radius 3 is 2.88 bits per heavy atom. The van der Waals surface area contributed by atoms with Crippen LogP contribution in [0.5, 0.6) is 0 Å². The highest BCUT2D eigenvalue weighted by molar-refractivity contribution is 7.17. The Bertz CT molecular complexity index is 645. The highest BCUT2D eigenvalue weighted by atomic mass is 32.1. The molecule has 0 aliphatic carbocycles. The van der Waals surface area contributed by atoms with E-state index in [1.807, 2.05) is 30.4 Å². The van der Waals surface area contributed by atoms with E-state index in [0.29, 0.717) is 11.8 Å². The van der Waals surface area contributed by atoms with Gasteiger partial charge in [0.25, 0.3) is 0 Å². The summed E-state index contributed by atoms with van der Waals surface area (Å²) in [6.07, 6.45) is 3.17. The average molecular weight is 246 g/mol. The van der Waals surface area contributed by atoms with Crippen LogP contribution in [-0.4, -0.2) is 29.0 Å². The van der Waals surface area contributed by atoms with Crippen LogP contribution in [0.15, 0.2) is 28.3 Å². The number of hydrogen-bond acceptors (Lipinski definition) is 6. The largest absolute Gasteiger partial charge is 0.443 e. The Kier molecular flexibility index (Phi) is 2.29. The van der Waals surface area contributed by atoms with Crippen molar-refractivity contribution < 1.29 is 4.42 Å². The first-order valence-electron chi connectivity index (χ1n) is 5.08. The van der Waals surface area contributed by atoms with Gasteiger partial charge < -0.3 is 9.32 Å². The van der Waals surface area contributed by atoms with Crippen LogP contribution in [0.2, 0.25) is 0 Å². The number of fused-ring (bicyclic) bond motifs is 1. The number of rotatable bonds is 2. The summed E-state index contributed by atoms with van der Waals surface area (Å²) in [4.78, 5) is 15.0. The zero-order valence-corrected chi connectivity index (χ0v) is 10.2. The molecular formula is C11H10N4OS. The van der Waals surface area contributed by atoms with Crippen molar-refractivity contribution in [2.45, 2.75) is 0 Å². The van der Waals surface area contributed by atoms with E-state index < -0.39 is 0 Å². The second-order valence-electron chi connectivity index (χ2n) is 3.74. The summed E-state index contributed by atoms with van der Waals surface area (Å²) in [5.41, 5.74) is 1.67. The minimum absolute atomic E-state index is 0.531. The maximum Gasteiger partial charge on any atom is 0.246 e. The lowest BCUT2D eigenvalue weighted by Gasteiger charge is -2.10. The summed E-state index contributed by atoms with van der Waals surface area (Å²) in [5, 5.41) is 1.99. The number of aromatic nitrogens is 3. The van der Waals surface area contributed by atoms with Gasteiger partial charge in [0, 0.05) is 14.1 Å². The van der Waals surface area contributed by atoms with Crippen LogP contribution in [0, 0.1) is 0 Å². The van der Waals surface area contributed by atoms with Crippen LogP contribution in [0.3, 0.4) is 0 Å².